The summed E-state index contributed by atoms with van der Waals surface area (Å²) in [6.07, 6.45) is 2.96. The van der Waals surface area contributed by atoms with Gasteiger partial charge in [-0.05, 0) is 43.0 Å². The van der Waals surface area contributed by atoms with E-state index < -0.39 is 6.10 Å². The van der Waals surface area contributed by atoms with Crippen LogP contribution < -0.4 is 4.90 Å². The van der Waals surface area contributed by atoms with E-state index in [-0.39, 0.29) is 0 Å². The Balaban J connectivity index is 1.47. The maximum absolute atomic E-state index is 10.5. The lowest BCUT2D eigenvalue weighted by Gasteiger charge is -2.33. The predicted molar refractivity (Wildman–Crippen MR) is 110 cm³/mol. The number of nitrogens with zero attached hydrogens (tertiary/aromatic N) is 4. The van der Waals surface area contributed by atoms with E-state index in [9.17, 15) is 5.11 Å². The second-order valence-electron chi connectivity index (χ2n) is 8.05. The first-order valence-corrected chi connectivity index (χ1v) is 10.2. The van der Waals surface area contributed by atoms with Crippen molar-refractivity contribution in [3.63, 3.8) is 0 Å². The zero-order valence-electron chi connectivity index (χ0n) is 16.3. The summed E-state index contributed by atoms with van der Waals surface area (Å²) >= 11 is 0. The van der Waals surface area contributed by atoms with Crippen molar-refractivity contribution in [1.82, 2.24) is 14.8 Å². The molecular formula is C23H26N4O. The highest BCUT2D eigenvalue weighted by atomic mass is 16.3. The lowest BCUT2D eigenvalue weighted by Crippen LogP contribution is -2.33. The van der Waals surface area contributed by atoms with Crippen molar-refractivity contribution in [2.75, 3.05) is 18.0 Å². The van der Waals surface area contributed by atoms with Crippen molar-refractivity contribution in [3.05, 3.63) is 71.3 Å². The Labute approximate surface area is 165 Å². The van der Waals surface area contributed by atoms with Crippen LogP contribution in [0.2, 0.25) is 0 Å². The fourth-order valence-electron chi connectivity index (χ4n) is 4.75. The molecule has 1 fully saturated rings. The molecule has 0 bridgehead atoms. The molecule has 0 spiro atoms. The Morgan fingerprint density at radius 1 is 0.929 bits per heavy atom. The van der Waals surface area contributed by atoms with Crippen LogP contribution in [0, 0.1) is 6.92 Å². The molecule has 5 rings (SSSR count). The topological polar surface area (TPSA) is 54.2 Å². The van der Waals surface area contributed by atoms with Gasteiger partial charge in [0.1, 0.15) is 11.6 Å². The number of fused-ring (bicyclic) bond motifs is 3. The van der Waals surface area contributed by atoms with Crippen LogP contribution >= 0.6 is 0 Å². The molecule has 28 heavy (non-hydrogen) atoms. The number of aliphatic hydroxyl groups is 1. The number of rotatable bonds is 2. The molecule has 2 aliphatic rings. The summed E-state index contributed by atoms with van der Waals surface area (Å²) in [5.41, 5.74) is 4.88. The summed E-state index contributed by atoms with van der Waals surface area (Å²) in [7, 11) is 0. The zero-order chi connectivity index (χ0) is 19.1. The van der Waals surface area contributed by atoms with Crippen molar-refractivity contribution in [2.45, 2.75) is 44.6 Å². The minimum Gasteiger partial charge on any atom is -0.392 e. The lowest BCUT2D eigenvalue weighted by molar-refractivity contribution is 0.174. The predicted octanol–water partition coefficient (Wildman–Crippen LogP) is 3.42. The molecule has 0 amide bonds. The zero-order valence-corrected chi connectivity index (χ0v) is 16.3. The SMILES string of the molecule is Cc1cccc2c1-n1c(nnc1C1CCN(c3ccccc3)CC1)C[C@H](O)C2. The molecule has 0 radical (unpaired) electrons. The average Bonchev–Trinajstić information content (AvgIpc) is 3.05. The van der Waals surface area contributed by atoms with E-state index in [0.29, 0.717) is 18.8 Å². The maximum Gasteiger partial charge on any atom is 0.140 e. The third kappa shape index (κ3) is 3.00. The smallest absolute Gasteiger partial charge is 0.140 e. The third-order valence-electron chi connectivity index (χ3n) is 6.16. The van der Waals surface area contributed by atoms with Crippen LogP contribution in [0.5, 0.6) is 0 Å². The molecule has 5 nitrogen and oxygen atoms in total. The van der Waals surface area contributed by atoms with Gasteiger partial charge in [-0.3, -0.25) is 4.57 Å². The fraction of sp³-hybridized carbons (Fsp3) is 0.391. The molecule has 1 atom stereocenters. The fourth-order valence-corrected chi connectivity index (χ4v) is 4.75. The number of hydrogen-bond donors (Lipinski definition) is 1. The Morgan fingerprint density at radius 2 is 1.71 bits per heavy atom. The molecule has 1 aromatic heterocycles. The van der Waals surface area contributed by atoms with Gasteiger partial charge in [0.25, 0.3) is 0 Å². The molecular weight excluding hydrogens is 348 g/mol. The van der Waals surface area contributed by atoms with E-state index in [1.807, 2.05) is 0 Å². The van der Waals surface area contributed by atoms with Crippen LogP contribution in [0.15, 0.2) is 48.5 Å². The van der Waals surface area contributed by atoms with Gasteiger partial charge in [-0.25, -0.2) is 0 Å². The molecule has 2 aromatic carbocycles. The molecule has 2 aliphatic heterocycles. The van der Waals surface area contributed by atoms with Gasteiger partial charge in [0.2, 0.25) is 0 Å². The second-order valence-corrected chi connectivity index (χ2v) is 8.05. The van der Waals surface area contributed by atoms with Crippen molar-refractivity contribution in [2.24, 2.45) is 0 Å². The first-order valence-electron chi connectivity index (χ1n) is 10.2. The Kier molecular flexibility index (Phi) is 4.40. The third-order valence-corrected chi connectivity index (χ3v) is 6.16. The van der Waals surface area contributed by atoms with E-state index in [2.05, 4.69) is 75.1 Å². The van der Waals surface area contributed by atoms with Crippen LogP contribution in [-0.2, 0) is 12.8 Å². The van der Waals surface area contributed by atoms with Crippen molar-refractivity contribution in [1.29, 1.82) is 0 Å². The van der Waals surface area contributed by atoms with E-state index in [4.69, 9.17) is 0 Å². The molecule has 144 valence electrons. The first-order chi connectivity index (χ1) is 13.7. The van der Waals surface area contributed by atoms with Crippen LogP contribution in [0.25, 0.3) is 5.69 Å². The normalized spacial score (nSPS) is 19.8. The Bertz CT molecular complexity index is 974. The highest BCUT2D eigenvalue weighted by Gasteiger charge is 2.30. The van der Waals surface area contributed by atoms with Crippen LogP contribution in [0.1, 0.15) is 41.5 Å². The minimum atomic E-state index is -0.404. The van der Waals surface area contributed by atoms with Gasteiger partial charge in [-0.2, -0.15) is 0 Å². The van der Waals surface area contributed by atoms with Gasteiger partial charge < -0.3 is 10.0 Å². The average molecular weight is 374 g/mol. The van der Waals surface area contributed by atoms with Gasteiger partial charge in [0.15, 0.2) is 0 Å². The molecule has 3 aromatic rings. The first kappa shape index (κ1) is 17.4. The molecule has 1 N–H and O–H groups in total. The second kappa shape index (κ2) is 7.06. The number of para-hydroxylation sites is 2. The summed E-state index contributed by atoms with van der Waals surface area (Å²) in [4.78, 5) is 2.46. The van der Waals surface area contributed by atoms with Gasteiger partial charge >= 0.3 is 0 Å². The Morgan fingerprint density at radius 3 is 2.50 bits per heavy atom. The monoisotopic (exact) mass is 374 g/mol. The van der Waals surface area contributed by atoms with Gasteiger partial charge in [0.05, 0.1) is 11.8 Å². The summed E-state index contributed by atoms with van der Waals surface area (Å²) in [5, 5.41) is 19.6. The number of aryl methyl sites for hydroxylation is 1. The van der Waals surface area contributed by atoms with Gasteiger partial charge in [-0.15, -0.1) is 10.2 Å². The molecule has 0 unspecified atom stereocenters. The van der Waals surface area contributed by atoms with E-state index >= 15 is 0 Å². The van der Waals surface area contributed by atoms with E-state index in [0.717, 1.165) is 37.6 Å². The van der Waals surface area contributed by atoms with Gasteiger partial charge in [-0.1, -0.05) is 36.4 Å². The summed E-state index contributed by atoms with van der Waals surface area (Å²) in [6, 6.07) is 17.0. The number of aromatic nitrogens is 3. The largest absolute Gasteiger partial charge is 0.392 e. The number of aliphatic hydroxyl groups excluding tert-OH is 1. The molecule has 5 heteroatoms. The molecule has 0 saturated carbocycles. The van der Waals surface area contributed by atoms with Crippen molar-refractivity contribution in [3.8, 4) is 5.69 Å². The number of anilines is 1. The van der Waals surface area contributed by atoms with Gasteiger partial charge in [0, 0.05) is 37.5 Å². The minimum absolute atomic E-state index is 0.393. The molecule has 3 heterocycles. The summed E-state index contributed by atoms with van der Waals surface area (Å²) in [5.74, 6) is 2.34. The Hall–Kier alpha value is -2.66. The quantitative estimate of drug-likeness (QED) is 0.747. The summed E-state index contributed by atoms with van der Waals surface area (Å²) < 4.78 is 2.25. The van der Waals surface area contributed by atoms with Crippen LogP contribution in [0.4, 0.5) is 5.69 Å². The number of piperidine rings is 1. The molecule has 1 saturated heterocycles. The highest BCUT2D eigenvalue weighted by molar-refractivity contribution is 5.51. The van der Waals surface area contributed by atoms with Crippen LogP contribution in [0.3, 0.4) is 0 Å². The maximum atomic E-state index is 10.5. The molecule has 0 aliphatic carbocycles. The van der Waals surface area contributed by atoms with Crippen molar-refractivity contribution >= 4 is 5.69 Å². The highest BCUT2D eigenvalue weighted by Crippen LogP contribution is 2.34. The standard InChI is InChI=1S/C23H26N4O/c1-16-6-5-7-18-14-20(28)15-21-24-25-23(27(21)22(16)18)17-10-12-26(13-11-17)19-8-3-2-4-9-19/h2-9,17,20,28H,10-15H2,1H3/t20-/m1/s1. The van der Waals surface area contributed by atoms with E-state index in [1.165, 1.54) is 22.5 Å². The van der Waals surface area contributed by atoms with Crippen LogP contribution in [-0.4, -0.2) is 39.1 Å². The lowest BCUT2D eigenvalue weighted by atomic mass is 9.95. The van der Waals surface area contributed by atoms with Crippen molar-refractivity contribution < 1.29 is 5.11 Å². The van der Waals surface area contributed by atoms with E-state index in [1.54, 1.807) is 0 Å². The number of hydrogen-bond acceptors (Lipinski definition) is 4. The summed E-state index contributed by atoms with van der Waals surface area (Å²) in [6.45, 7) is 4.20. The number of benzene rings is 2.